The number of aryl methyl sites for hydroxylation is 1. The molecule has 0 saturated heterocycles. The minimum atomic E-state index is -0.415. The Labute approximate surface area is 110 Å². The number of primary amides is 1. The van der Waals surface area contributed by atoms with Gasteiger partial charge >= 0.3 is 0 Å². The number of fused-ring (bicyclic) bond motifs is 1. The first-order chi connectivity index (χ1) is 9.00. The quantitative estimate of drug-likeness (QED) is 0.873. The van der Waals surface area contributed by atoms with E-state index in [0.29, 0.717) is 12.1 Å². The van der Waals surface area contributed by atoms with Crippen molar-refractivity contribution >= 4 is 17.3 Å². The molecule has 19 heavy (non-hydrogen) atoms. The summed E-state index contributed by atoms with van der Waals surface area (Å²) in [5.41, 5.74) is 7.44. The summed E-state index contributed by atoms with van der Waals surface area (Å²) in [6.45, 7) is 2.18. The molecule has 0 aliphatic rings. The van der Waals surface area contributed by atoms with Crippen LogP contribution < -0.4 is 5.73 Å². The minimum Gasteiger partial charge on any atom is -0.370 e. The fourth-order valence-corrected chi connectivity index (χ4v) is 1.94. The highest BCUT2D eigenvalue weighted by atomic mass is 16.2. The highest BCUT2D eigenvalue weighted by Crippen LogP contribution is 2.14. The fraction of sp³-hybridized carbons (Fsp3) is 0.308. The smallest absolute Gasteiger partial charge is 0.255 e. The molecule has 2 rings (SSSR count). The Morgan fingerprint density at radius 2 is 2.16 bits per heavy atom. The predicted octanol–water partition coefficient (Wildman–Crippen LogP) is 0.590. The highest BCUT2D eigenvalue weighted by Gasteiger charge is 2.16. The van der Waals surface area contributed by atoms with E-state index in [1.807, 2.05) is 17.4 Å². The van der Waals surface area contributed by atoms with E-state index in [9.17, 15) is 9.59 Å². The number of carbonyl (C=O) groups excluding carboxylic acids is 2. The van der Waals surface area contributed by atoms with Crippen molar-refractivity contribution in [3.63, 3.8) is 0 Å². The van der Waals surface area contributed by atoms with Crippen molar-refractivity contribution in [3.8, 4) is 0 Å². The van der Waals surface area contributed by atoms with Crippen molar-refractivity contribution in [1.82, 2.24) is 14.3 Å². The molecule has 0 spiro atoms. The number of aromatic nitrogens is 2. The maximum absolute atomic E-state index is 12.3. The average Bonchev–Trinajstić information content (AvgIpc) is 2.84. The summed E-state index contributed by atoms with van der Waals surface area (Å²) in [7, 11) is 1.66. The molecule has 6 nitrogen and oxygen atoms in total. The summed E-state index contributed by atoms with van der Waals surface area (Å²) in [5.74, 6) is -0.546. The Kier molecular flexibility index (Phi) is 3.50. The van der Waals surface area contributed by atoms with Crippen LogP contribution in [0.4, 0.5) is 0 Å². The fourth-order valence-electron chi connectivity index (χ4n) is 1.94. The van der Waals surface area contributed by atoms with Crippen molar-refractivity contribution in [2.75, 3.05) is 13.6 Å². The van der Waals surface area contributed by atoms with Gasteiger partial charge in [-0.15, -0.1) is 0 Å². The molecule has 2 N–H and O–H groups in total. The molecule has 100 valence electrons. The van der Waals surface area contributed by atoms with Gasteiger partial charge in [0.2, 0.25) is 5.91 Å². The van der Waals surface area contributed by atoms with E-state index in [1.54, 1.807) is 25.6 Å². The molecule has 0 aliphatic heterocycles. The Morgan fingerprint density at radius 3 is 2.84 bits per heavy atom. The zero-order valence-corrected chi connectivity index (χ0v) is 11.0. The average molecular weight is 260 g/mol. The first kappa shape index (κ1) is 13.1. The van der Waals surface area contributed by atoms with E-state index in [1.165, 1.54) is 4.90 Å². The first-order valence-electron chi connectivity index (χ1n) is 5.96. The topological polar surface area (TPSA) is 80.7 Å². The number of nitrogens with zero attached hydrogens (tertiary/aromatic N) is 3. The zero-order chi connectivity index (χ0) is 14.0. The van der Waals surface area contributed by atoms with Gasteiger partial charge in [-0.3, -0.25) is 9.59 Å². The van der Waals surface area contributed by atoms with Crippen LogP contribution >= 0.6 is 0 Å². The molecule has 0 aliphatic carbocycles. The van der Waals surface area contributed by atoms with Gasteiger partial charge < -0.3 is 15.0 Å². The molecule has 0 saturated carbocycles. The van der Waals surface area contributed by atoms with E-state index in [2.05, 4.69) is 4.98 Å². The molecule has 0 radical (unpaired) electrons. The van der Waals surface area contributed by atoms with Gasteiger partial charge in [0.15, 0.2) is 0 Å². The molecule has 6 heteroatoms. The lowest BCUT2D eigenvalue weighted by Crippen LogP contribution is -2.31. The van der Waals surface area contributed by atoms with Crippen molar-refractivity contribution < 1.29 is 9.59 Å². The standard InChI is InChI=1S/C13H16N4O2/c1-9-11(4-3-10-7-15-8-17(9)10)13(19)16(2)6-5-12(14)18/h3-4,7-8H,5-6H2,1-2H3,(H2,14,18). The van der Waals surface area contributed by atoms with Crippen LogP contribution in [0.15, 0.2) is 24.7 Å². The molecule has 2 heterocycles. The third-order valence-electron chi connectivity index (χ3n) is 3.11. The Morgan fingerprint density at radius 1 is 1.42 bits per heavy atom. The van der Waals surface area contributed by atoms with E-state index in [0.717, 1.165) is 11.2 Å². The minimum absolute atomic E-state index is 0.130. The number of rotatable bonds is 4. The van der Waals surface area contributed by atoms with Crippen LogP contribution in [-0.4, -0.2) is 39.7 Å². The number of amides is 2. The van der Waals surface area contributed by atoms with E-state index in [-0.39, 0.29) is 12.3 Å². The molecule has 0 fully saturated rings. The largest absolute Gasteiger partial charge is 0.370 e. The molecule has 0 unspecified atom stereocenters. The van der Waals surface area contributed by atoms with Gasteiger partial charge in [-0.25, -0.2) is 4.98 Å². The van der Waals surface area contributed by atoms with Crippen molar-refractivity contribution in [2.45, 2.75) is 13.3 Å². The molecule has 0 bridgehead atoms. The summed E-state index contributed by atoms with van der Waals surface area (Å²) in [4.78, 5) is 28.6. The summed E-state index contributed by atoms with van der Waals surface area (Å²) in [6, 6.07) is 3.62. The number of carbonyl (C=O) groups is 2. The number of pyridine rings is 1. The van der Waals surface area contributed by atoms with Gasteiger partial charge in [-0.1, -0.05) is 0 Å². The summed E-state index contributed by atoms with van der Waals surface area (Å²) in [5, 5.41) is 0. The van der Waals surface area contributed by atoms with E-state index in [4.69, 9.17) is 5.73 Å². The Hall–Kier alpha value is -2.37. The Balaban J connectivity index is 2.25. The third-order valence-corrected chi connectivity index (χ3v) is 3.11. The molecular formula is C13H16N4O2. The number of nitrogens with two attached hydrogens (primary N) is 1. The number of hydrogen-bond donors (Lipinski definition) is 1. The van der Waals surface area contributed by atoms with Gasteiger partial charge in [-0.2, -0.15) is 0 Å². The van der Waals surface area contributed by atoms with Crippen molar-refractivity contribution in [2.24, 2.45) is 5.73 Å². The van der Waals surface area contributed by atoms with E-state index < -0.39 is 5.91 Å². The second kappa shape index (κ2) is 5.09. The number of imidazole rings is 1. The molecule has 2 aromatic heterocycles. The van der Waals surface area contributed by atoms with E-state index >= 15 is 0 Å². The van der Waals surface area contributed by atoms with Crippen LogP contribution in [0.2, 0.25) is 0 Å². The molecule has 0 atom stereocenters. The second-order valence-electron chi connectivity index (χ2n) is 4.46. The van der Waals surface area contributed by atoms with Crippen LogP contribution in [0.5, 0.6) is 0 Å². The summed E-state index contributed by atoms with van der Waals surface area (Å²) >= 11 is 0. The van der Waals surface area contributed by atoms with Gasteiger partial charge in [0, 0.05) is 25.7 Å². The molecule has 2 amide bonds. The molecule has 0 aromatic carbocycles. The SMILES string of the molecule is Cc1c(C(=O)N(C)CCC(N)=O)ccc2cncn12. The lowest BCUT2D eigenvalue weighted by Gasteiger charge is -2.18. The second-order valence-corrected chi connectivity index (χ2v) is 4.46. The molecular weight excluding hydrogens is 244 g/mol. The van der Waals surface area contributed by atoms with Crippen LogP contribution in [0.25, 0.3) is 5.52 Å². The van der Waals surface area contributed by atoms with Gasteiger partial charge in [-0.05, 0) is 19.1 Å². The van der Waals surface area contributed by atoms with Crippen LogP contribution in [0, 0.1) is 6.92 Å². The number of hydrogen-bond acceptors (Lipinski definition) is 3. The van der Waals surface area contributed by atoms with Crippen LogP contribution in [0.1, 0.15) is 22.5 Å². The first-order valence-corrected chi connectivity index (χ1v) is 5.96. The maximum atomic E-state index is 12.3. The van der Waals surface area contributed by atoms with Gasteiger partial charge in [0.25, 0.3) is 5.91 Å². The normalized spacial score (nSPS) is 10.6. The zero-order valence-electron chi connectivity index (χ0n) is 11.0. The van der Waals surface area contributed by atoms with Crippen molar-refractivity contribution in [1.29, 1.82) is 0 Å². The molecule has 2 aromatic rings. The lowest BCUT2D eigenvalue weighted by atomic mass is 10.1. The predicted molar refractivity (Wildman–Crippen MR) is 70.7 cm³/mol. The monoisotopic (exact) mass is 260 g/mol. The van der Waals surface area contributed by atoms with Crippen LogP contribution in [0.3, 0.4) is 0 Å². The van der Waals surface area contributed by atoms with Gasteiger partial charge in [0.1, 0.15) is 0 Å². The summed E-state index contributed by atoms with van der Waals surface area (Å²) in [6.07, 6.45) is 3.57. The highest BCUT2D eigenvalue weighted by molar-refractivity contribution is 5.95. The maximum Gasteiger partial charge on any atom is 0.255 e. The van der Waals surface area contributed by atoms with Crippen LogP contribution in [-0.2, 0) is 4.79 Å². The van der Waals surface area contributed by atoms with Gasteiger partial charge in [0.05, 0.1) is 23.6 Å². The Bertz CT molecular complexity index is 633. The third kappa shape index (κ3) is 2.57. The van der Waals surface area contributed by atoms with Crippen molar-refractivity contribution in [3.05, 3.63) is 35.9 Å². The lowest BCUT2D eigenvalue weighted by molar-refractivity contribution is -0.118. The summed E-state index contributed by atoms with van der Waals surface area (Å²) < 4.78 is 1.86.